The number of amides is 1. The molecule has 224 valence electrons. The summed E-state index contributed by atoms with van der Waals surface area (Å²) in [4.78, 5) is 26.3. The highest BCUT2D eigenvalue weighted by Crippen LogP contribution is 2.70. The molecule has 2 saturated heterocycles. The Kier molecular flexibility index (Phi) is 6.91. The average Bonchev–Trinajstić information content (AvgIpc) is 3.61. The third kappa shape index (κ3) is 4.43. The van der Waals surface area contributed by atoms with Crippen LogP contribution in [0.1, 0.15) is 73.6 Å². The lowest BCUT2D eigenvalue weighted by molar-refractivity contribution is -0.253. The zero-order valence-corrected chi connectivity index (χ0v) is 25.6. The number of fused-ring (bicyclic) bond motifs is 7. The zero-order chi connectivity index (χ0) is 28.8. The standard InChI is InChI=1S/C32H49NO7/c1-17(28-36-15-30(3,4)16-37-28)20-9-10-21-25-22(11-12-31(20,21)5)32(6)19(13-23(25)39-29(35)33(7)8)14-24(38-18(2)34)26-27(32)40-26/h13,17,20-28H,9-12,14-16H2,1-8H3/t17?,20-,21+,22+,23-,24-,25+,26+,27+,31-,32+/m1/s1. The van der Waals surface area contributed by atoms with Crippen LogP contribution in [0.4, 0.5) is 4.79 Å². The van der Waals surface area contributed by atoms with Crippen LogP contribution in [-0.4, -0.2) is 75.0 Å². The van der Waals surface area contributed by atoms with Crippen molar-refractivity contribution < 1.29 is 33.3 Å². The molecule has 0 aromatic carbocycles. The number of esters is 1. The summed E-state index contributed by atoms with van der Waals surface area (Å²) >= 11 is 0. The summed E-state index contributed by atoms with van der Waals surface area (Å²) in [5, 5.41) is 0. The Balaban J connectivity index is 1.31. The SMILES string of the molecule is CC(=O)O[C@@H]1CC2=C[C@@H](OC(=O)N(C)C)[C@H]3[C@@H]4CC[C@H](C(C)C5OCC(C)(C)CO5)[C@@]4(C)CC[C@@H]3[C@@]2(C)[C@H]2O[C@@H]12. The highest BCUT2D eigenvalue weighted by molar-refractivity contribution is 5.67. The fraction of sp³-hybridized carbons (Fsp3) is 0.875. The third-order valence-corrected chi connectivity index (χ3v) is 11.8. The van der Waals surface area contributed by atoms with Gasteiger partial charge in [-0.25, -0.2) is 4.79 Å². The van der Waals surface area contributed by atoms with Crippen LogP contribution in [0.3, 0.4) is 0 Å². The van der Waals surface area contributed by atoms with Gasteiger partial charge in [-0.3, -0.25) is 4.79 Å². The first-order valence-electron chi connectivity index (χ1n) is 15.4. The van der Waals surface area contributed by atoms with E-state index in [4.69, 9.17) is 23.7 Å². The van der Waals surface area contributed by atoms with Gasteiger partial charge in [0.1, 0.15) is 18.3 Å². The van der Waals surface area contributed by atoms with Crippen LogP contribution >= 0.6 is 0 Å². The maximum atomic E-state index is 13.0. The van der Waals surface area contributed by atoms with Crippen molar-refractivity contribution in [3.8, 4) is 0 Å². The highest BCUT2D eigenvalue weighted by atomic mass is 16.7. The van der Waals surface area contributed by atoms with E-state index in [1.54, 1.807) is 14.1 Å². The lowest BCUT2D eigenvalue weighted by Gasteiger charge is -2.59. The molecule has 0 N–H and O–H groups in total. The molecule has 0 aromatic rings. The molecule has 40 heavy (non-hydrogen) atoms. The van der Waals surface area contributed by atoms with E-state index in [1.165, 1.54) is 17.4 Å². The van der Waals surface area contributed by atoms with E-state index in [-0.39, 0.29) is 64.9 Å². The van der Waals surface area contributed by atoms with Crippen LogP contribution in [0.5, 0.6) is 0 Å². The van der Waals surface area contributed by atoms with E-state index < -0.39 is 0 Å². The third-order valence-electron chi connectivity index (χ3n) is 11.8. The lowest BCUT2D eigenvalue weighted by atomic mass is 9.46. The predicted molar refractivity (Wildman–Crippen MR) is 148 cm³/mol. The van der Waals surface area contributed by atoms with Crippen molar-refractivity contribution in [3.63, 3.8) is 0 Å². The Morgan fingerprint density at radius 3 is 2.38 bits per heavy atom. The van der Waals surface area contributed by atoms with Crippen molar-refractivity contribution in [3.05, 3.63) is 11.6 Å². The molecule has 11 atom stereocenters. The molecule has 6 rings (SSSR count). The molecule has 8 nitrogen and oxygen atoms in total. The van der Waals surface area contributed by atoms with Gasteiger partial charge in [-0.1, -0.05) is 40.2 Å². The first kappa shape index (κ1) is 28.5. The van der Waals surface area contributed by atoms with Crippen LogP contribution < -0.4 is 0 Å². The van der Waals surface area contributed by atoms with Crippen molar-refractivity contribution in [2.24, 2.45) is 45.8 Å². The average molecular weight is 560 g/mol. The molecule has 6 aliphatic rings. The smallest absolute Gasteiger partial charge is 0.409 e. The van der Waals surface area contributed by atoms with Gasteiger partial charge in [0, 0.05) is 50.1 Å². The van der Waals surface area contributed by atoms with Crippen LogP contribution in [0.2, 0.25) is 0 Å². The van der Waals surface area contributed by atoms with Gasteiger partial charge in [-0.15, -0.1) is 0 Å². The number of epoxide rings is 1. The number of ether oxygens (including phenoxy) is 5. The molecule has 1 amide bonds. The summed E-state index contributed by atoms with van der Waals surface area (Å²) in [7, 11) is 3.48. The number of rotatable bonds is 4. The fourth-order valence-electron chi connectivity index (χ4n) is 9.74. The molecule has 2 heterocycles. The van der Waals surface area contributed by atoms with E-state index in [0.717, 1.165) is 38.9 Å². The van der Waals surface area contributed by atoms with Gasteiger partial charge in [-0.05, 0) is 54.9 Å². The van der Waals surface area contributed by atoms with E-state index >= 15 is 0 Å². The Morgan fingerprint density at radius 1 is 1.02 bits per heavy atom. The molecule has 0 radical (unpaired) electrons. The molecular weight excluding hydrogens is 510 g/mol. The molecule has 1 unspecified atom stereocenters. The monoisotopic (exact) mass is 559 g/mol. The molecule has 4 aliphatic carbocycles. The topological polar surface area (TPSA) is 86.8 Å². The molecule has 5 fully saturated rings. The minimum Gasteiger partial charge on any atom is -0.459 e. The summed E-state index contributed by atoms with van der Waals surface area (Å²) in [5.74, 6) is 1.49. The highest BCUT2D eigenvalue weighted by Gasteiger charge is 2.70. The van der Waals surface area contributed by atoms with E-state index in [9.17, 15) is 9.59 Å². The molecule has 2 aliphatic heterocycles. The van der Waals surface area contributed by atoms with Gasteiger partial charge in [0.25, 0.3) is 0 Å². The van der Waals surface area contributed by atoms with Gasteiger partial charge in [0.05, 0.1) is 19.3 Å². The molecule has 0 aromatic heterocycles. The van der Waals surface area contributed by atoms with Crippen LogP contribution in [0.15, 0.2) is 11.6 Å². The summed E-state index contributed by atoms with van der Waals surface area (Å²) in [6.07, 6.45) is 6.27. The first-order chi connectivity index (χ1) is 18.8. The lowest BCUT2D eigenvalue weighted by Crippen LogP contribution is -2.58. The van der Waals surface area contributed by atoms with Crippen molar-refractivity contribution in [2.45, 2.75) is 104 Å². The number of carbonyl (C=O) groups is 2. The number of carbonyl (C=O) groups excluding carboxylic acids is 2. The second kappa shape index (κ2) is 9.70. The summed E-state index contributed by atoms with van der Waals surface area (Å²) in [6.45, 7) is 14.5. The van der Waals surface area contributed by atoms with Crippen LogP contribution in [0.25, 0.3) is 0 Å². The second-order valence-electron chi connectivity index (χ2n) is 15.1. The molecule has 0 spiro atoms. The van der Waals surface area contributed by atoms with Crippen LogP contribution in [0, 0.1) is 45.8 Å². The van der Waals surface area contributed by atoms with Gasteiger partial charge in [0.15, 0.2) is 6.29 Å². The number of nitrogens with zero attached hydrogens (tertiary/aromatic N) is 1. The molecular formula is C32H49NO7. The van der Waals surface area contributed by atoms with Gasteiger partial charge < -0.3 is 28.6 Å². The molecule has 3 saturated carbocycles. The van der Waals surface area contributed by atoms with Gasteiger partial charge >= 0.3 is 12.1 Å². The maximum Gasteiger partial charge on any atom is 0.409 e. The van der Waals surface area contributed by atoms with E-state index in [2.05, 4.69) is 40.7 Å². The first-order valence-corrected chi connectivity index (χ1v) is 15.4. The summed E-state index contributed by atoms with van der Waals surface area (Å²) in [5.41, 5.74) is 1.26. The summed E-state index contributed by atoms with van der Waals surface area (Å²) in [6, 6.07) is 0. The zero-order valence-electron chi connectivity index (χ0n) is 25.6. The minimum absolute atomic E-state index is 0.0397. The minimum atomic E-state index is -0.307. The van der Waals surface area contributed by atoms with E-state index in [0.29, 0.717) is 30.1 Å². The molecule has 8 heteroatoms. The maximum absolute atomic E-state index is 13.0. The predicted octanol–water partition coefficient (Wildman–Crippen LogP) is 5.20. The summed E-state index contributed by atoms with van der Waals surface area (Å²) < 4.78 is 30.8. The van der Waals surface area contributed by atoms with Gasteiger partial charge in [0.2, 0.25) is 0 Å². The number of hydrogen-bond acceptors (Lipinski definition) is 7. The largest absolute Gasteiger partial charge is 0.459 e. The Morgan fingerprint density at radius 2 is 1.73 bits per heavy atom. The molecule has 0 bridgehead atoms. The van der Waals surface area contributed by atoms with Gasteiger partial charge in [-0.2, -0.15) is 0 Å². The normalized spacial score (nSPS) is 46.0. The fourth-order valence-corrected chi connectivity index (χ4v) is 9.74. The Bertz CT molecular complexity index is 1060. The van der Waals surface area contributed by atoms with Crippen molar-refractivity contribution in [1.82, 2.24) is 4.90 Å². The van der Waals surface area contributed by atoms with Crippen molar-refractivity contribution >= 4 is 12.1 Å². The van der Waals surface area contributed by atoms with Crippen molar-refractivity contribution in [1.29, 1.82) is 0 Å². The van der Waals surface area contributed by atoms with Crippen molar-refractivity contribution in [2.75, 3.05) is 27.3 Å². The second-order valence-corrected chi connectivity index (χ2v) is 15.1. The van der Waals surface area contributed by atoms with Crippen LogP contribution in [-0.2, 0) is 28.5 Å². The Labute approximate surface area is 239 Å². The quantitative estimate of drug-likeness (QED) is 0.266. The van der Waals surface area contributed by atoms with E-state index in [1.807, 2.05) is 0 Å². The number of hydrogen-bond donors (Lipinski definition) is 0. The Hall–Kier alpha value is -1.64.